The standard InChI is InChI=1S/C18H12N4/c1-7-15-13(5-3-11-19-15)17(9-1)21-22-18-10-2-8-16-14(18)6-4-12-20-16/h1-12H. The van der Waals surface area contributed by atoms with E-state index in [2.05, 4.69) is 20.2 Å². The number of rotatable bonds is 2. The molecule has 2 aromatic carbocycles. The first-order valence-electron chi connectivity index (χ1n) is 7.01. The minimum Gasteiger partial charge on any atom is -0.256 e. The van der Waals surface area contributed by atoms with Gasteiger partial charge in [0.2, 0.25) is 0 Å². The monoisotopic (exact) mass is 284 g/mol. The van der Waals surface area contributed by atoms with E-state index in [0.717, 1.165) is 33.2 Å². The highest BCUT2D eigenvalue weighted by Gasteiger charge is 2.02. The number of azo groups is 1. The molecule has 2 heterocycles. The van der Waals surface area contributed by atoms with Crippen molar-refractivity contribution in [2.24, 2.45) is 10.2 Å². The maximum absolute atomic E-state index is 4.41. The van der Waals surface area contributed by atoms with Gasteiger partial charge in [0.25, 0.3) is 0 Å². The highest BCUT2D eigenvalue weighted by atomic mass is 15.1. The molecule has 0 saturated heterocycles. The molecule has 0 aliphatic carbocycles. The first kappa shape index (κ1) is 12.6. The van der Waals surface area contributed by atoms with Gasteiger partial charge >= 0.3 is 0 Å². The Hall–Kier alpha value is -3.14. The lowest BCUT2D eigenvalue weighted by molar-refractivity contribution is 1.25. The average molecular weight is 284 g/mol. The maximum Gasteiger partial charge on any atom is 0.0951 e. The van der Waals surface area contributed by atoms with Crippen molar-refractivity contribution < 1.29 is 0 Å². The van der Waals surface area contributed by atoms with E-state index in [1.807, 2.05) is 60.7 Å². The zero-order valence-corrected chi connectivity index (χ0v) is 11.7. The third-order valence-electron chi connectivity index (χ3n) is 3.51. The van der Waals surface area contributed by atoms with E-state index < -0.39 is 0 Å². The average Bonchev–Trinajstić information content (AvgIpc) is 2.60. The summed E-state index contributed by atoms with van der Waals surface area (Å²) in [5, 5.41) is 10.8. The normalized spacial score (nSPS) is 11.5. The van der Waals surface area contributed by atoms with Gasteiger partial charge in [-0.2, -0.15) is 0 Å². The second-order valence-electron chi connectivity index (χ2n) is 4.89. The molecule has 4 heteroatoms. The molecule has 0 aliphatic heterocycles. The van der Waals surface area contributed by atoms with Gasteiger partial charge in [0.1, 0.15) is 0 Å². The van der Waals surface area contributed by atoms with Crippen LogP contribution in [-0.4, -0.2) is 9.97 Å². The molecule has 0 saturated carbocycles. The van der Waals surface area contributed by atoms with Crippen molar-refractivity contribution >= 4 is 33.2 Å². The summed E-state index contributed by atoms with van der Waals surface area (Å²) in [5.74, 6) is 0. The lowest BCUT2D eigenvalue weighted by Crippen LogP contribution is -1.78. The van der Waals surface area contributed by atoms with Crippen LogP contribution in [0.4, 0.5) is 11.4 Å². The Morgan fingerprint density at radius 1 is 0.545 bits per heavy atom. The number of hydrogen-bond acceptors (Lipinski definition) is 4. The third-order valence-corrected chi connectivity index (χ3v) is 3.51. The molecule has 2 aromatic heterocycles. The Labute approximate surface area is 127 Å². The Bertz CT molecular complexity index is 900. The van der Waals surface area contributed by atoms with E-state index in [9.17, 15) is 0 Å². The molecule has 0 atom stereocenters. The van der Waals surface area contributed by atoms with Gasteiger partial charge in [-0.15, -0.1) is 10.2 Å². The SMILES string of the molecule is c1cc(N=Nc2cccc3ncccc23)c2cccnc2c1. The Morgan fingerprint density at radius 2 is 1.05 bits per heavy atom. The summed E-state index contributed by atoms with van der Waals surface area (Å²) in [4.78, 5) is 8.67. The lowest BCUT2D eigenvalue weighted by Gasteiger charge is -2.01. The van der Waals surface area contributed by atoms with Crippen molar-refractivity contribution in [2.75, 3.05) is 0 Å². The molecule has 0 radical (unpaired) electrons. The zero-order valence-electron chi connectivity index (χ0n) is 11.7. The zero-order chi connectivity index (χ0) is 14.8. The Morgan fingerprint density at radius 3 is 1.55 bits per heavy atom. The molecule has 0 bridgehead atoms. The maximum atomic E-state index is 4.41. The minimum absolute atomic E-state index is 0.812. The van der Waals surface area contributed by atoms with E-state index in [1.165, 1.54) is 0 Å². The first-order valence-corrected chi connectivity index (χ1v) is 7.01. The molecular formula is C18H12N4. The van der Waals surface area contributed by atoms with Gasteiger partial charge in [0.15, 0.2) is 0 Å². The van der Waals surface area contributed by atoms with Crippen LogP contribution in [-0.2, 0) is 0 Å². The highest BCUT2D eigenvalue weighted by molar-refractivity contribution is 5.91. The summed E-state index contributed by atoms with van der Waals surface area (Å²) in [6.45, 7) is 0. The van der Waals surface area contributed by atoms with Crippen LogP contribution in [0.25, 0.3) is 21.8 Å². The van der Waals surface area contributed by atoms with Crippen molar-refractivity contribution in [1.82, 2.24) is 9.97 Å². The molecule has 4 nitrogen and oxygen atoms in total. The summed E-state index contributed by atoms with van der Waals surface area (Å²) in [7, 11) is 0. The first-order chi connectivity index (χ1) is 10.9. The van der Waals surface area contributed by atoms with Crippen molar-refractivity contribution in [3.8, 4) is 0 Å². The second kappa shape index (κ2) is 5.33. The van der Waals surface area contributed by atoms with E-state index in [1.54, 1.807) is 12.4 Å². The van der Waals surface area contributed by atoms with Gasteiger partial charge in [-0.3, -0.25) is 9.97 Å². The van der Waals surface area contributed by atoms with Crippen LogP contribution in [0.3, 0.4) is 0 Å². The van der Waals surface area contributed by atoms with E-state index >= 15 is 0 Å². The molecule has 22 heavy (non-hydrogen) atoms. The molecule has 0 unspecified atom stereocenters. The number of aromatic nitrogens is 2. The fraction of sp³-hybridized carbons (Fsp3) is 0. The fourth-order valence-corrected chi connectivity index (χ4v) is 2.46. The van der Waals surface area contributed by atoms with Gasteiger partial charge < -0.3 is 0 Å². The predicted octanol–water partition coefficient (Wildman–Crippen LogP) is 5.20. The van der Waals surface area contributed by atoms with Gasteiger partial charge in [0.05, 0.1) is 22.4 Å². The smallest absolute Gasteiger partial charge is 0.0951 e. The van der Waals surface area contributed by atoms with Crippen molar-refractivity contribution in [2.45, 2.75) is 0 Å². The topological polar surface area (TPSA) is 50.5 Å². The number of fused-ring (bicyclic) bond motifs is 2. The quantitative estimate of drug-likeness (QED) is 0.475. The van der Waals surface area contributed by atoms with Gasteiger partial charge in [-0.25, -0.2) is 0 Å². The Kier molecular flexibility index (Phi) is 3.05. The minimum atomic E-state index is 0.812. The Balaban J connectivity index is 1.83. The van der Waals surface area contributed by atoms with Crippen LogP contribution in [0.15, 0.2) is 83.3 Å². The number of pyridine rings is 2. The summed E-state index contributed by atoms with van der Waals surface area (Å²) in [6, 6.07) is 19.5. The summed E-state index contributed by atoms with van der Waals surface area (Å²) >= 11 is 0. The molecule has 0 aliphatic rings. The summed E-state index contributed by atoms with van der Waals surface area (Å²) in [6.07, 6.45) is 3.55. The summed E-state index contributed by atoms with van der Waals surface area (Å²) < 4.78 is 0. The van der Waals surface area contributed by atoms with E-state index in [0.29, 0.717) is 0 Å². The van der Waals surface area contributed by atoms with Crippen LogP contribution < -0.4 is 0 Å². The molecule has 0 spiro atoms. The molecule has 0 fully saturated rings. The highest BCUT2D eigenvalue weighted by Crippen LogP contribution is 2.29. The van der Waals surface area contributed by atoms with Crippen LogP contribution >= 0.6 is 0 Å². The molecule has 0 amide bonds. The fourth-order valence-electron chi connectivity index (χ4n) is 2.46. The van der Waals surface area contributed by atoms with Crippen molar-refractivity contribution in [3.63, 3.8) is 0 Å². The van der Waals surface area contributed by atoms with Crippen molar-refractivity contribution in [3.05, 3.63) is 73.1 Å². The van der Waals surface area contributed by atoms with Gasteiger partial charge in [-0.05, 0) is 48.5 Å². The number of hydrogen-bond donors (Lipinski definition) is 0. The van der Waals surface area contributed by atoms with Gasteiger partial charge in [0, 0.05) is 23.2 Å². The molecule has 0 N–H and O–H groups in total. The summed E-state index contributed by atoms with van der Waals surface area (Å²) in [5.41, 5.74) is 3.45. The predicted molar refractivity (Wildman–Crippen MR) is 87.7 cm³/mol. The van der Waals surface area contributed by atoms with Crippen LogP contribution in [0.2, 0.25) is 0 Å². The third kappa shape index (κ3) is 2.20. The largest absolute Gasteiger partial charge is 0.256 e. The molecule has 4 aromatic rings. The van der Waals surface area contributed by atoms with E-state index in [4.69, 9.17) is 0 Å². The van der Waals surface area contributed by atoms with Gasteiger partial charge in [-0.1, -0.05) is 12.1 Å². The lowest BCUT2D eigenvalue weighted by atomic mass is 10.2. The molecule has 104 valence electrons. The second-order valence-corrected chi connectivity index (χ2v) is 4.89. The van der Waals surface area contributed by atoms with Crippen molar-refractivity contribution in [1.29, 1.82) is 0 Å². The number of benzene rings is 2. The molecular weight excluding hydrogens is 272 g/mol. The van der Waals surface area contributed by atoms with E-state index in [-0.39, 0.29) is 0 Å². The van der Waals surface area contributed by atoms with Crippen LogP contribution in [0, 0.1) is 0 Å². The molecule has 4 rings (SSSR count). The van der Waals surface area contributed by atoms with Crippen LogP contribution in [0.5, 0.6) is 0 Å². The number of nitrogens with zero attached hydrogens (tertiary/aromatic N) is 4. The van der Waals surface area contributed by atoms with Crippen LogP contribution in [0.1, 0.15) is 0 Å².